The standard InChI is InChI=1S/C19H16FN3OS/c1-25-15-8-2-12(3-9-15)16-10-18(24)22-19-17(16)11-21-23(19)14-6-4-13(20)5-7-14/h2-9,11,16H,10H2,1H3,(H,22,24)/t16-/m1/s1. The number of hydrogen-bond donors (Lipinski definition) is 1. The maximum atomic E-state index is 13.2. The Balaban J connectivity index is 1.76. The quantitative estimate of drug-likeness (QED) is 0.718. The van der Waals surface area contributed by atoms with E-state index >= 15 is 0 Å². The van der Waals surface area contributed by atoms with E-state index in [4.69, 9.17) is 0 Å². The summed E-state index contributed by atoms with van der Waals surface area (Å²) < 4.78 is 14.8. The van der Waals surface area contributed by atoms with Crippen molar-refractivity contribution in [2.75, 3.05) is 11.6 Å². The van der Waals surface area contributed by atoms with E-state index in [1.807, 2.05) is 6.26 Å². The molecule has 0 fully saturated rings. The lowest BCUT2D eigenvalue weighted by molar-refractivity contribution is -0.116. The summed E-state index contributed by atoms with van der Waals surface area (Å²) in [5, 5.41) is 7.32. The molecule has 0 saturated carbocycles. The van der Waals surface area contributed by atoms with E-state index < -0.39 is 0 Å². The van der Waals surface area contributed by atoms with Gasteiger partial charge < -0.3 is 5.32 Å². The third-order valence-electron chi connectivity index (χ3n) is 4.41. The molecule has 1 N–H and O–H groups in total. The van der Waals surface area contributed by atoms with Crippen LogP contribution in [0.2, 0.25) is 0 Å². The fraction of sp³-hybridized carbons (Fsp3) is 0.158. The summed E-state index contributed by atoms with van der Waals surface area (Å²) in [5.41, 5.74) is 2.77. The van der Waals surface area contributed by atoms with E-state index in [0.717, 1.165) is 11.1 Å². The van der Waals surface area contributed by atoms with Crippen molar-refractivity contribution < 1.29 is 9.18 Å². The lowest BCUT2D eigenvalue weighted by atomic mass is 9.87. The number of nitrogens with one attached hydrogen (secondary N) is 1. The molecule has 4 nitrogen and oxygen atoms in total. The van der Waals surface area contributed by atoms with Crippen LogP contribution in [-0.2, 0) is 4.79 Å². The van der Waals surface area contributed by atoms with Gasteiger partial charge in [0.05, 0.1) is 11.9 Å². The van der Waals surface area contributed by atoms with Crippen LogP contribution < -0.4 is 5.32 Å². The number of thioether (sulfide) groups is 1. The van der Waals surface area contributed by atoms with E-state index in [9.17, 15) is 9.18 Å². The number of rotatable bonds is 3. The maximum absolute atomic E-state index is 13.2. The smallest absolute Gasteiger partial charge is 0.226 e. The second-order valence-corrected chi connectivity index (χ2v) is 6.79. The van der Waals surface area contributed by atoms with Crippen molar-refractivity contribution in [3.8, 4) is 5.69 Å². The van der Waals surface area contributed by atoms with Gasteiger partial charge in [-0.05, 0) is 48.2 Å². The second kappa shape index (κ2) is 6.37. The van der Waals surface area contributed by atoms with Gasteiger partial charge in [-0.25, -0.2) is 9.07 Å². The molecule has 1 aliphatic rings. The van der Waals surface area contributed by atoms with Gasteiger partial charge in [-0.15, -0.1) is 11.8 Å². The van der Waals surface area contributed by atoms with Crippen LogP contribution in [0.15, 0.2) is 59.6 Å². The highest BCUT2D eigenvalue weighted by atomic mass is 32.2. The van der Waals surface area contributed by atoms with Crippen molar-refractivity contribution in [3.05, 3.63) is 71.7 Å². The number of amides is 1. The van der Waals surface area contributed by atoms with Gasteiger partial charge in [0.1, 0.15) is 11.6 Å². The van der Waals surface area contributed by atoms with Gasteiger partial charge in [0.25, 0.3) is 0 Å². The third kappa shape index (κ3) is 2.93. The number of carbonyl (C=O) groups excluding carboxylic acids is 1. The van der Waals surface area contributed by atoms with Crippen molar-refractivity contribution in [2.45, 2.75) is 17.2 Å². The highest BCUT2D eigenvalue weighted by molar-refractivity contribution is 7.98. The van der Waals surface area contributed by atoms with Gasteiger partial charge >= 0.3 is 0 Å². The lowest BCUT2D eigenvalue weighted by Crippen LogP contribution is -2.24. The van der Waals surface area contributed by atoms with Crippen LogP contribution in [0, 0.1) is 5.82 Å². The average molecular weight is 353 g/mol. The first kappa shape index (κ1) is 15.9. The summed E-state index contributed by atoms with van der Waals surface area (Å²) in [6.45, 7) is 0. The van der Waals surface area contributed by atoms with Crippen molar-refractivity contribution >= 4 is 23.5 Å². The summed E-state index contributed by atoms with van der Waals surface area (Å²) in [4.78, 5) is 13.4. The molecule has 126 valence electrons. The number of nitrogens with zero attached hydrogens (tertiary/aromatic N) is 2. The molecule has 1 amide bonds. The van der Waals surface area contributed by atoms with E-state index in [0.29, 0.717) is 17.9 Å². The Kier molecular flexibility index (Phi) is 4.05. The summed E-state index contributed by atoms with van der Waals surface area (Å²) in [7, 11) is 0. The minimum Gasteiger partial charge on any atom is -0.310 e. The third-order valence-corrected chi connectivity index (χ3v) is 5.15. The number of carbonyl (C=O) groups is 1. The van der Waals surface area contributed by atoms with Crippen LogP contribution in [0.1, 0.15) is 23.5 Å². The highest BCUT2D eigenvalue weighted by Gasteiger charge is 2.30. The normalized spacial score (nSPS) is 16.4. The number of anilines is 1. The largest absolute Gasteiger partial charge is 0.310 e. The predicted molar refractivity (Wildman–Crippen MR) is 96.8 cm³/mol. The van der Waals surface area contributed by atoms with Crippen LogP contribution in [0.3, 0.4) is 0 Å². The minimum atomic E-state index is -0.305. The summed E-state index contributed by atoms with van der Waals surface area (Å²) >= 11 is 1.69. The van der Waals surface area contributed by atoms with Crippen molar-refractivity contribution in [1.29, 1.82) is 0 Å². The van der Waals surface area contributed by atoms with Gasteiger partial charge in [0.2, 0.25) is 5.91 Å². The van der Waals surface area contributed by atoms with E-state index in [2.05, 4.69) is 34.7 Å². The van der Waals surface area contributed by atoms with E-state index in [1.54, 1.807) is 34.8 Å². The lowest BCUT2D eigenvalue weighted by Gasteiger charge is -2.24. The fourth-order valence-corrected chi connectivity index (χ4v) is 3.54. The second-order valence-electron chi connectivity index (χ2n) is 5.91. The Bertz CT molecular complexity index is 919. The van der Waals surface area contributed by atoms with E-state index in [-0.39, 0.29) is 17.6 Å². The zero-order valence-electron chi connectivity index (χ0n) is 13.6. The monoisotopic (exact) mass is 353 g/mol. The number of fused-ring (bicyclic) bond motifs is 1. The zero-order chi connectivity index (χ0) is 17.4. The summed E-state index contributed by atoms with van der Waals surface area (Å²) in [6, 6.07) is 14.3. The molecule has 2 heterocycles. The number of hydrogen-bond acceptors (Lipinski definition) is 3. The minimum absolute atomic E-state index is 0.0335. The molecule has 0 aliphatic carbocycles. The van der Waals surface area contributed by atoms with Crippen molar-refractivity contribution in [1.82, 2.24) is 9.78 Å². The molecule has 1 atom stereocenters. The first-order chi connectivity index (χ1) is 12.2. The van der Waals surface area contributed by atoms with Crippen LogP contribution in [-0.4, -0.2) is 21.9 Å². The Morgan fingerprint density at radius 2 is 1.88 bits per heavy atom. The van der Waals surface area contributed by atoms with Gasteiger partial charge in [-0.3, -0.25) is 4.79 Å². The first-order valence-corrected chi connectivity index (χ1v) is 9.16. The van der Waals surface area contributed by atoms with Gasteiger partial charge in [-0.2, -0.15) is 5.10 Å². The molecule has 1 aromatic heterocycles. The molecule has 6 heteroatoms. The average Bonchev–Trinajstić information content (AvgIpc) is 3.05. The van der Waals surface area contributed by atoms with Crippen LogP contribution in [0.25, 0.3) is 5.69 Å². The Morgan fingerprint density at radius 3 is 2.56 bits per heavy atom. The molecule has 2 aromatic carbocycles. The first-order valence-electron chi connectivity index (χ1n) is 7.93. The molecular formula is C19H16FN3OS. The van der Waals surface area contributed by atoms with E-state index in [1.165, 1.54) is 17.0 Å². The Labute approximate surface area is 149 Å². The molecule has 25 heavy (non-hydrogen) atoms. The molecule has 4 rings (SSSR count). The molecule has 1 aliphatic heterocycles. The van der Waals surface area contributed by atoms with Gasteiger partial charge in [0.15, 0.2) is 0 Å². The molecule has 0 radical (unpaired) electrons. The summed E-state index contributed by atoms with van der Waals surface area (Å²) in [6.07, 6.45) is 4.21. The Hall–Kier alpha value is -2.60. The van der Waals surface area contributed by atoms with Crippen molar-refractivity contribution in [2.24, 2.45) is 0 Å². The maximum Gasteiger partial charge on any atom is 0.226 e. The van der Waals surface area contributed by atoms with Gasteiger partial charge in [-0.1, -0.05) is 12.1 Å². The SMILES string of the molecule is CSc1ccc([C@H]2CC(=O)Nc3c2cnn3-c2ccc(F)cc2)cc1. The highest BCUT2D eigenvalue weighted by Crippen LogP contribution is 2.38. The molecular weight excluding hydrogens is 337 g/mol. The number of halogens is 1. The van der Waals surface area contributed by atoms with Gasteiger partial charge in [0, 0.05) is 22.8 Å². The topological polar surface area (TPSA) is 46.9 Å². The van der Waals surface area contributed by atoms with Crippen LogP contribution in [0.5, 0.6) is 0 Å². The number of aromatic nitrogens is 2. The Morgan fingerprint density at radius 1 is 1.16 bits per heavy atom. The predicted octanol–water partition coefficient (Wildman–Crippen LogP) is 4.21. The molecule has 0 unspecified atom stereocenters. The summed E-state index contributed by atoms with van der Waals surface area (Å²) in [5.74, 6) is 0.270. The van der Waals surface area contributed by atoms with Crippen LogP contribution in [0.4, 0.5) is 10.2 Å². The molecule has 3 aromatic rings. The number of benzene rings is 2. The van der Waals surface area contributed by atoms with Crippen molar-refractivity contribution in [3.63, 3.8) is 0 Å². The molecule has 0 saturated heterocycles. The molecule has 0 spiro atoms. The molecule has 0 bridgehead atoms. The fourth-order valence-electron chi connectivity index (χ4n) is 3.13. The van der Waals surface area contributed by atoms with Crippen LogP contribution >= 0.6 is 11.8 Å². The zero-order valence-corrected chi connectivity index (χ0v) is 14.4.